The smallest absolute Gasteiger partial charge is 0.227 e. The van der Waals surface area contributed by atoms with Crippen LogP contribution in [0.1, 0.15) is 36.8 Å². The topological polar surface area (TPSA) is 58.1 Å². The Bertz CT molecular complexity index is 1010. The normalized spacial score (nSPS) is 16.9. The maximum atomic E-state index is 12.9. The van der Waals surface area contributed by atoms with E-state index >= 15 is 0 Å². The van der Waals surface area contributed by atoms with Crippen molar-refractivity contribution in [3.8, 4) is 10.6 Å². The molecule has 6 heteroatoms. The minimum absolute atomic E-state index is 0.0547. The van der Waals surface area contributed by atoms with Gasteiger partial charge >= 0.3 is 0 Å². The fourth-order valence-electron chi connectivity index (χ4n) is 4.55. The van der Waals surface area contributed by atoms with E-state index in [-0.39, 0.29) is 11.8 Å². The van der Waals surface area contributed by atoms with Crippen LogP contribution in [0.3, 0.4) is 0 Å². The van der Waals surface area contributed by atoms with Gasteiger partial charge in [-0.3, -0.25) is 4.79 Å². The van der Waals surface area contributed by atoms with Gasteiger partial charge in [-0.2, -0.15) is 0 Å². The average molecular weight is 419 g/mol. The zero-order chi connectivity index (χ0) is 20.3. The van der Waals surface area contributed by atoms with E-state index in [4.69, 9.17) is 0 Å². The Kier molecular flexibility index (Phi) is 5.49. The lowest BCUT2D eigenvalue weighted by Gasteiger charge is -2.32. The van der Waals surface area contributed by atoms with Crippen LogP contribution in [-0.4, -0.2) is 29.2 Å². The summed E-state index contributed by atoms with van der Waals surface area (Å²) in [5, 5.41) is 14.1. The van der Waals surface area contributed by atoms with E-state index in [0.717, 1.165) is 60.8 Å². The van der Waals surface area contributed by atoms with Crippen molar-refractivity contribution in [2.45, 2.75) is 38.5 Å². The van der Waals surface area contributed by atoms with E-state index < -0.39 is 0 Å². The number of fused-ring (bicyclic) bond motifs is 1. The van der Waals surface area contributed by atoms with Gasteiger partial charge in [0.25, 0.3) is 0 Å². The van der Waals surface area contributed by atoms with E-state index in [2.05, 4.69) is 44.7 Å². The first-order valence-electron chi connectivity index (χ1n) is 10.8. The van der Waals surface area contributed by atoms with Crippen LogP contribution in [0, 0.1) is 5.92 Å². The van der Waals surface area contributed by atoms with Gasteiger partial charge < -0.3 is 10.2 Å². The molecule has 0 bridgehead atoms. The van der Waals surface area contributed by atoms with Gasteiger partial charge in [-0.1, -0.05) is 18.2 Å². The zero-order valence-electron chi connectivity index (χ0n) is 17.0. The molecule has 5 rings (SSSR count). The minimum atomic E-state index is 0.0547. The number of nitrogens with zero attached hydrogens (tertiary/aromatic N) is 3. The van der Waals surface area contributed by atoms with Crippen molar-refractivity contribution in [3.63, 3.8) is 0 Å². The van der Waals surface area contributed by atoms with Gasteiger partial charge in [0, 0.05) is 24.7 Å². The van der Waals surface area contributed by atoms with Crippen molar-refractivity contribution in [1.82, 2.24) is 10.2 Å². The summed E-state index contributed by atoms with van der Waals surface area (Å²) in [4.78, 5) is 16.3. The molecule has 1 aliphatic carbocycles. The highest BCUT2D eigenvalue weighted by molar-refractivity contribution is 7.13. The molecule has 1 amide bonds. The maximum Gasteiger partial charge on any atom is 0.227 e. The summed E-state index contributed by atoms with van der Waals surface area (Å²) < 4.78 is 0. The molecule has 5 nitrogen and oxygen atoms in total. The van der Waals surface area contributed by atoms with Crippen LogP contribution in [0.2, 0.25) is 0 Å². The Hall–Kier alpha value is -2.73. The molecule has 154 valence electrons. The Balaban J connectivity index is 1.19. The Morgan fingerprint density at radius 3 is 2.63 bits per heavy atom. The summed E-state index contributed by atoms with van der Waals surface area (Å²) >= 11 is 1.67. The van der Waals surface area contributed by atoms with Crippen LogP contribution in [0.4, 0.5) is 11.5 Å². The quantitative estimate of drug-likeness (QED) is 0.652. The summed E-state index contributed by atoms with van der Waals surface area (Å²) in [5.74, 6) is 1.11. The maximum absolute atomic E-state index is 12.9. The van der Waals surface area contributed by atoms with Gasteiger partial charge in [-0.05, 0) is 79.3 Å². The number of hydrogen-bond acceptors (Lipinski definition) is 5. The van der Waals surface area contributed by atoms with Crippen molar-refractivity contribution in [2.75, 3.05) is 23.3 Å². The molecule has 2 aromatic heterocycles. The molecule has 1 aliphatic heterocycles. The Morgan fingerprint density at radius 1 is 1.00 bits per heavy atom. The SMILES string of the molecule is O=C(Nc1cccc2c1CCCC2)C1CCN(c2ccc(-c3cccs3)nn2)CC1. The van der Waals surface area contributed by atoms with E-state index in [9.17, 15) is 4.79 Å². The molecule has 3 aromatic rings. The number of benzene rings is 1. The van der Waals surface area contributed by atoms with Crippen molar-refractivity contribution >= 4 is 28.7 Å². The lowest BCUT2D eigenvalue weighted by molar-refractivity contribution is -0.120. The highest BCUT2D eigenvalue weighted by atomic mass is 32.1. The number of amides is 1. The molecular formula is C24H26N4OS. The first kappa shape index (κ1) is 19.2. The van der Waals surface area contributed by atoms with Crippen LogP contribution < -0.4 is 10.2 Å². The highest BCUT2D eigenvalue weighted by Crippen LogP contribution is 2.30. The average Bonchev–Trinajstić information content (AvgIpc) is 3.35. The second-order valence-corrected chi connectivity index (χ2v) is 9.10. The van der Waals surface area contributed by atoms with Crippen LogP contribution in [-0.2, 0) is 17.6 Å². The number of nitrogens with one attached hydrogen (secondary N) is 1. The largest absolute Gasteiger partial charge is 0.355 e. The zero-order valence-corrected chi connectivity index (χ0v) is 17.8. The van der Waals surface area contributed by atoms with E-state index in [1.54, 1.807) is 11.3 Å². The Labute approximate surface area is 181 Å². The molecule has 0 unspecified atom stereocenters. The predicted octanol–water partition coefficient (Wildman–Crippen LogP) is 4.94. The summed E-state index contributed by atoms with van der Waals surface area (Å²) in [6.45, 7) is 1.66. The van der Waals surface area contributed by atoms with Crippen LogP contribution in [0.5, 0.6) is 0 Å². The van der Waals surface area contributed by atoms with Gasteiger partial charge in [0.15, 0.2) is 5.82 Å². The molecular weight excluding hydrogens is 392 g/mol. The molecule has 1 N–H and O–H groups in total. The fourth-order valence-corrected chi connectivity index (χ4v) is 5.24. The Morgan fingerprint density at radius 2 is 1.87 bits per heavy atom. The van der Waals surface area contributed by atoms with E-state index in [1.165, 1.54) is 24.0 Å². The molecule has 0 atom stereocenters. The number of aromatic nitrogens is 2. The van der Waals surface area contributed by atoms with Crippen molar-refractivity contribution in [1.29, 1.82) is 0 Å². The summed E-state index contributed by atoms with van der Waals surface area (Å²) in [6, 6.07) is 14.5. The van der Waals surface area contributed by atoms with E-state index in [0.29, 0.717) is 0 Å². The third kappa shape index (κ3) is 3.97. The standard InChI is InChI=1S/C24H26N4OS/c29-24(25-20-8-3-6-17-5-1-2-7-19(17)20)18-12-14-28(15-13-18)23-11-10-21(26-27-23)22-9-4-16-30-22/h3-4,6,8-11,16,18H,1-2,5,7,12-15H2,(H,25,29). The number of carbonyl (C=O) groups excluding carboxylic acids is 1. The van der Waals surface area contributed by atoms with Gasteiger partial charge in [0.05, 0.1) is 4.88 Å². The molecule has 3 heterocycles. The second kappa shape index (κ2) is 8.56. The lowest BCUT2D eigenvalue weighted by Crippen LogP contribution is -2.38. The summed E-state index contributed by atoms with van der Waals surface area (Å²) in [5.41, 5.74) is 4.68. The first-order valence-corrected chi connectivity index (χ1v) is 11.7. The fraction of sp³-hybridized carbons (Fsp3) is 0.375. The molecule has 0 spiro atoms. The monoisotopic (exact) mass is 418 g/mol. The van der Waals surface area contributed by atoms with Crippen molar-refractivity contribution < 1.29 is 4.79 Å². The van der Waals surface area contributed by atoms with Crippen LogP contribution in [0.15, 0.2) is 47.8 Å². The van der Waals surface area contributed by atoms with Gasteiger partial charge in [-0.15, -0.1) is 21.5 Å². The number of carbonyl (C=O) groups is 1. The predicted molar refractivity (Wildman–Crippen MR) is 122 cm³/mol. The third-order valence-electron chi connectivity index (χ3n) is 6.27. The molecule has 0 radical (unpaired) electrons. The van der Waals surface area contributed by atoms with Gasteiger partial charge in [-0.25, -0.2) is 0 Å². The van der Waals surface area contributed by atoms with Crippen LogP contribution in [0.25, 0.3) is 10.6 Å². The molecule has 0 saturated carbocycles. The molecule has 1 fully saturated rings. The molecule has 1 saturated heterocycles. The number of piperidine rings is 1. The van der Waals surface area contributed by atoms with Crippen molar-refractivity contribution in [3.05, 3.63) is 59.0 Å². The highest BCUT2D eigenvalue weighted by Gasteiger charge is 2.26. The number of thiophene rings is 1. The minimum Gasteiger partial charge on any atom is -0.355 e. The number of hydrogen-bond donors (Lipinski definition) is 1. The molecule has 1 aromatic carbocycles. The second-order valence-electron chi connectivity index (χ2n) is 8.16. The van der Waals surface area contributed by atoms with Gasteiger partial charge in [0.2, 0.25) is 5.91 Å². The van der Waals surface area contributed by atoms with Gasteiger partial charge in [0.1, 0.15) is 5.69 Å². The third-order valence-corrected chi connectivity index (χ3v) is 7.16. The molecule has 2 aliphatic rings. The van der Waals surface area contributed by atoms with E-state index in [1.807, 2.05) is 23.6 Å². The number of rotatable bonds is 4. The number of anilines is 2. The lowest BCUT2D eigenvalue weighted by atomic mass is 9.90. The first-order chi connectivity index (χ1) is 14.8. The molecule has 30 heavy (non-hydrogen) atoms. The van der Waals surface area contributed by atoms with Crippen molar-refractivity contribution in [2.24, 2.45) is 5.92 Å². The summed E-state index contributed by atoms with van der Waals surface area (Å²) in [7, 11) is 0. The number of aryl methyl sites for hydroxylation is 1. The summed E-state index contributed by atoms with van der Waals surface area (Å²) in [6.07, 6.45) is 6.35. The van der Waals surface area contributed by atoms with Crippen LogP contribution >= 0.6 is 11.3 Å².